The van der Waals surface area contributed by atoms with E-state index in [0.717, 1.165) is 32.1 Å². The van der Waals surface area contributed by atoms with E-state index in [2.05, 4.69) is 27.7 Å². The molecule has 0 aromatic carbocycles. The number of nitrogens with two attached hydrogens (primary N) is 2. The quantitative estimate of drug-likeness (QED) is 0.626. The molecule has 0 aliphatic rings. The fourth-order valence-electron chi connectivity index (χ4n) is 2.35. The minimum atomic E-state index is -0.494. The molecule has 2 nitrogen and oxygen atoms in total. The molecule has 0 amide bonds. The fraction of sp³-hybridized carbons (Fsp3) is 1.00. The average molecular weight is 186 g/mol. The van der Waals surface area contributed by atoms with Gasteiger partial charge in [-0.2, -0.15) is 0 Å². The molecular weight excluding hydrogens is 160 g/mol. The summed E-state index contributed by atoms with van der Waals surface area (Å²) in [5.41, 5.74) is 12.0. The lowest BCUT2D eigenvalue weighted by Crippen LogP contribution is -2.61. The Morgan fingerprint density at radius 2 is 1.31 bits per heavy atom. The average Bonchev–Trinajstić information content (AvgIpc) is 2.14. The molecule has 13 heavy (non-hydrogen) atoms. The Morgan fingerprint density at radius 3 is 1.54 bits per heavy atom. The van der Waals surface area contributed by atoms with Crippen LogP contribution in [0.2, 0.25) is 0 Å². The van der Waals surface area contributed by atoms with Crippen LogP contribution in [0.4, 0.5) is 0 Å². The Bertz CT molecular complexity index is 137. The van der Waals surface area contributed by atoms with E-state index in [4.69, 9.17) is 11.5 Å². The molecule has 0 rings (SSSR count). The first-order valence-corrected chi connectivity index (χ1v) is 5.57. The SMILES string of the molecule is CCCC(CC)(CC)C(N)(N)CC. The van der Waals surface area contributed by atoms with Crippen LogP contribution >= 0.6 is 0 Å². The Balaban J connectivity index is 4.73. The third-order valence-corrected chi connectivity index (χ3v) is 3.65. The van der Waals surface area contributed by atoms with Gasteiger partial charge in [0, 0.05) is 5.41 Å². The monoisotopic (exact) mass is 186 g/mol. The maximum Gasteiger partial charge on any atom is 0.0691 e. The predicted octanol–water partition coefficient (Wildman–Crippen LogP) is 2.62. The number of hydrogen-bond acceptors (Lipinski definition) is 2. The molecule has 0 atom stereocenters. The zero-order valence-electron chi connectivity index (χ0n) is 9.69. The van der Waals surface area contributed by atoms with E-state index in [1.807, 2.05) is 0 Å². The highest BCUT2D eigenvalue weighted by Gasteiger charge is 2.41. The van der Waals surface area contributed by atoms with Gasteiger partial charge in [0.25, 0.3) is 0 Å². The van der Waals surface area contributed by atoms with Gasteiger partial charge in [-0.1, -0.05) is 34.1 Å². The Kier molecular flexibility index (Phi) is 4.93. The number of hydrogen-bond donors (Lipinski definition) is 2. The third-order valence-electron chi connectivity index (χ3n) is 3.65. The van der Waals surface area contributed by atoms with Crippen molar-refractivity contribution in [3.8, 4) is 0 Å². The predicted molar refractivity (Wildman–Crippen MR) is 59.3 cm³/mol. The van der Waals surface area contributed by atoms with Crippen LogP contribution in [0.5, 0.6) is 0 Å². The van der Waals surface area contributed by atoms with E-state index in [1.54, 1.807) is 0 Å². The smallest absolute Gasteiger partial charge is 0.0691 e. The summed E-state index contributed by atoms with van der Waals surface area (Å²) in [6.07, 6.45) is 5.32. The Hall–Kier alpha value is -0.0800. The maximum absolute atomic E-state index is 6.18. The standard InChI is InChI=1S/C11H26N2/c1-5-9-10(6-2,7-3)11(12,13)8-4/h5-9,12-13H2,1-4H3. The van der Waals surface area contributed by atoms with E-state index in [0.29, 0.717) is 0 Å². The van der Waals surface area contributed by atoms with E-state index in [1.165, 1.54) is 0 Å². The molecule has 0 aliphatic carbocycles. The highest BCUT2D eigenvalue weighted by atomic mass is 15.0. The summed E-state index contributed by atoms with van der Waals surface area (Å²) in [6, 6.07) is 0. The van der Waals surface area contributed by atoms with Crippen molar-refractivity contribution in [2.45, 2.75) is 65.5 Å². The molecule has 0 aromatic heterocycles. The van der Waals surface area contributed by atoms with Gasteiger partial charge in [-0.05, 0) is 25.7 Å². The van der Waals surface area contributed by atoms with Gasteiger partial charge in [0.2, 0.25) is 0 Å². The maximum atomic E-state index is 6.18. The zero-order chi connectivity index (χ0) is 10.5. The van der Waals surface area contributed by atoms with Crippen LogP contribution in [0.1, 0.15) is 59.8 Å². The lowest BCUT2D eigenvalue weighted by molar-refractivity contribution is 0.0913. The second-order valence-electron chi connectivity index (χ2n) is 4.13. The van der Waals surface area contributed by atoms with Crippen molar-refractivity contribution in [1.29, 1.82) is 0 Å². The van der Waals surface area contributed by atoms with Gasteiger partial charge in [-0.3, -0.25) is 0 Å². The van der Waals surface area contributed by atoms with Crippen molar-refractivity contribution in [3.63, 3.8) is 0 Å². The van der Waals surface area contributed by atoms with Gasteiger partial charge in [0.05, 0.1) is 5.66 Å². The summed E-state index contributed by atoms with van der Waals surface area (Å²) < 4.78 is 0. The van der Waals surface area contributed by atoms with E-state index < -0.39 is 5.66 Å². The third kappa shape index (κ3) is 2.44. The minimum Gasteiger partial charge on any atom is -0.313 e. The van der Waals surface area contributed by atoms with Gasteiger partial charge in [0.1, 0.15) is 0 Å². The summed E-state index contributed by atoms with van der Waals surface area (Å²) >= 11 is 0. The minimum absolute atomic E-state index is 0.135. The molecule has 80 valence electrons. The molecule has 0 bridgehead atoms. The van der Waals surface area contributed by atoms with Crippen molar-refractivity contribution in [3.05, 3.63) is 0 Å². The zero-order valence-corrected chi connectivity index (χ0v) is 9.69. The summed E-state index contributed by atoms with van der Waals surface area (Å²) in [5, 5.41) is 0. The molecule has 0 fully saturated rings. The van der Waals surface area contributed by atoms with Crippen LogP contribution in [-0.2, 0) is 0 Å². The van der Waals surface area contributed by atoms with Crippen molar-refractivity contribution in [2.24, 2.45) is 16.9 Å². The van der Waals surface area contributed by atoms with Crippen molar-refractivity contribution < 1.29 is 0 Å². The van der Waals surface area contributed by atoms with Gasteiger partial charge >= 0.3 is 0 Å². The van der Waals surface area contributed by atoms with Gasteiger partial charge in [0.15, 0.2) is 0 Å². The fourth-order valence-corrected chi connectivity index (χ4v) is 2.35. The molecule has 0 radical (unpaired) electrons. The molecule has 0 aliphatic heterocycles. The summed E-state index contributed by atoms with van der Waals surface area (Å²) in [5.74, 6) is 0. The van der Waals surface area contributed by atoms with Crippen molar-refractivity contribution in [2.75, 3.05) is 0 Å². The molecule has 2 heteroatoms. The second-order valence-corrected chi connectivity index (χ2v) is 4.13. The lowest BCUT2D eigenvalue weighted by atomic mass is 9.67. The van der Waals surface area contributed by atoms with Crippen LogP contribution in [0.3, 0.4) is 0 Å². The van der Waals surface area contributed by atoms with Gasteiger partial charge in [-0.15, -0.1) is 0 Å². The summed E-state index contributed by atoms with van der Waals surface area (Å²) in [7, 11) is 0. The van der Waals surface area contributed by atoms with Crippen molar-refractivity contribution >= 4 is 0 Å². The topological polar surface area (TPSA) is 52.0 Å². The largest absolute Gasteiger partial charge is 0.313 e. The normalized spacial score (nSPS) is 13.4. The van der Waals surface area contributed by atoms with Crippen LogP contribution in [0.15, 0.2) is 0 Å². The number of rotatable bonds is 6. The highest BCUT2D eigenvalue weighted by Crippen LogP contribution is 2.40. The lowest BCUT2D eigenvalue weighted by Gasteiger charge is -2.45. The molecular formula is C11H26N2. The van der Waals surface area contributed by atoms with E-state index in [9.17, 15) is 0 Å². The molecule has 0 saturated heterocycles. The molecule has 0 saturated carbocycles. The second kappa shape index (κ2) is 4.97. The molecule has 4 N–H and O–H groups in total. The van der Waals surface area contributed by atoms with Crippen molar-refractivity contribution in [1.82, 2.24) is 0 Å². The summed E-state index contributed by atoms with van der Waals surface area (Å²) in [4.78, 5) is 0. The molecule has 0 aromatic rings. The van der Waals surface area contributed by atoms with E-state index >= 15 is 0 Å². The van der Waals surface area contributed by atoms with Crippen LogP contribution < -0.4 is 11.5 Å². The summed E-state index contributed by atoms with van der Waals surface area (Å²) in [6.45, 7) is 8.67. The molecule has 0 heterocycles. The van der Waals surface area contributed by atoms with Crippen LogP contribution in [0.25, 0.3) is 0 Å². The van der Waals surface area contributed by atoms with Gasteiger partial charge < -0.3 is 11.5 Å². The molecule has 0 unspecified atom stereocenters. The van der Waals surface area contributed by atoms with Crippen LogP contribution in [-0.4, -0.2) is 5.66 Å². The van der Waals surface area contributed by atoms with E-state index in [-0.39, 0.29) is 5.41 Å². The highest BCUT2D eigenvalue weighted by molar-refractivity contribution is 4.95. The van der Waals surface area contributed by atoms with Gasteiger partial charge in [-0.25, -0.2) is 0 Å². The molecule has 0 spiro atoms. The first-order valence-electron chi connectivity index (χ1n) is 5.57. The Morgan fingerprint density at radius 1 is 0.846 bits per heavy atom. The Labute approximate surface area is 83.1 Å². The van der Waals surface area contributed by atoms with Crippen LogP contribution in [0, 0.1) is 5.41 Å². The first-order chi connectivity index (χ1) is 5.99. The first kappa shape index (κ1) is 12.9.